The van der Waals surface area contributed by atoms with Crippen molar-refractivity contribution >= 4 is 17.4 Å². The molecule has 3 rings (SSSR count). The van der Waals surface area contributed by atoms with Crippen molar-refractivity contribution in [1.82, 2.24) is 10.3 Å². The molecular weight excluding hydrogens is 276 g/mol. The van der Waals surface area contributed by atoms with E-state index < -0.39 is 0 Å². The zero-order chi connectivity index (χ0) is 15.5. The van der Waals surface area contributed by atoms with Crippen molar-refractivity contribution in [2.75, 3.05) is 23.4 Å². The van der Waals surface area contributed by atoms with Crippen molar-refractivity contribution in [2.45, 2.75) is 45.1 Å². The third-order valence-corrected chi connectivity index (χ3v) is 4.66. The summed E-state index contributed by atoms with van der Waals surface area (Å²) in [7, 11) is 0. The van der Waals surface area contributed by atoms with Crippen molar-refractivity contribution in [3.8, 4) is 0 Å². The average molecular weight is 300 g/mol. The average Bonchev–Trinajstić information content (AvgIpc) is 2.56. The third kappa shape index (κ3) is 2.67. The fourth-order valence-electron chi connectivity index (χ4n) is 3.52. The molecule has 0 atom stereocenters. The molecule has 1 aromatic heterocycles. The van der Waals surface area contributed by atoms with Gasteiger partial charge >= 0.3 is 0 Å². The number of nitrogens with one attached hydrogen (secondary N) is 2. The molecule has 118 valence electrons. The van der Waals surface area contributed by atoms with Crippen molar-refractivity contribution in [3.63, 3.8) is 0 Å². The predicted octanol–water partition coefficient (Wildman–Crippen LogP) is 2.83. The van der Waals surface area contributed by atoms with Crippen LogP contribution in [0.1, 0.15) is 48.0 Å². The molecular formula is C17H24N4O. The van der Waals surface area contributed by atoms with Crippen molar-refractivity contribution in [2.24, 2.45) is 0 Å². The Labute approximate surface area is 131 Å². The van der Waals surface area contributed by atoms with Crippen molar-refractivity contribution in [3.05, 3.63) is 30.0 Å². The van der Waals surface area contributed by atoms with Gasteiger partial charge in [0.15, 0.2) is 0 Å². The van der Waals surface area contributed by atoms with Crippen LogP contribution in [-0.4, -0.2) is 30.1 Å². The Bertz CT molecular complexity index is 578. The normalized spacial score (nSPS) is 18.6. The highest BCUT2D eigenvalue weighted by Gasteiger charge is 2.31. The summed E-state index contributed by atoms with van der Waals surface area (Å²) < 4.78 is 0. The van der Waals surface area contributed by atoms with Crippen molar-refractivity contribution in [1.29, 1.82) is 0 Å². The van der Waals surface area contributed by atoms with Gasteiger partial charge in [0.1, 0.15) is 5.82 Å². The SMILES string of the molecule is C=CCNc1ncc2c(c1C)N(C1CCCCC1)CNC2=O. The van der Waals surface area contributed by atoms with Crippen LogP contribution in [0.25, 0.3) is 0 Å². The number of amides is 1. The van der Waals surface area contributed by atoms with Crippen LogP contribution in [0, 0.1) is 6.92 Å². The quantitative estimate of drug-likeness (QED) is 0.840. The second-order valence-electron chi connectivity index (χ2n) is 6.09. The number of carbonyl (C=O) groups excluding carboxylic acids is 1. The molecule has 2 heterocycles. The highest BCUT2D eigenvalue weighted by Crippen LogP contribution is 2.35. The number of fused-ring (bicyclic) bond motifs is 1. The van der Waals surface area contributed by atoms with Crippen LogP contribution in [0.2, 0.25) is 0 Å². The number of hydrogen-bond donors (Lipinski definition) is 2. The van der Waals surface area contributed by atoms with E-state index in [9.17, 15) is 4.79 Å². The van der Waals surface area contributed by atoms with Gasteiger partial charge in [-0.1, -0.05) is 25.3 Å². The Hall–Kier alpha value is -2.04. The van der Waals surface area contributed by atoms with Gasteiger partial charge in [0.25, 0.3) is 5.91 Å². The van der Waals surface area contributed by atoms with E-state index in [2.05, 4.69) is 27.1 Å². The van der Waals surface area contributed by atoms with E-state index in [1.165, 1.54) is 32.1 Å². The summed E-state index contributed by atoms with van der Waals surface area (Å²) in [5, 5.41) is 6.25. The highest BCUT2D eigenvalue weighted by atomic mass is 16.2. The Morgan fingerprint density at radius 1 is 1.45 bits per heavy atom. The molecule has 5 nitrogen and oxygen atoms in total. The van der Waals surface area contributed by atoms with Gasteiger partial charge in [-0.3, -0.25) is 4.79 Å². The van der Waals surface area contributed by atoms with Gasteiger partial charge in [-0.25, -0.2) is 4.98 Å². The summed E-state index contributed by atoms with van der Waals surface area (Å²) in [6.45, 7) is 7.04. The maximum atomic E-state index is 12.2. The summed E-state index contributed by atoms with van der Waals surface area (Å²) in [6, 6.07) is 0.515. The fourth-order valence-corrected chi connectivity index (χ4v) is 3.52. The molecule has 1 fully saturated rings. The number of hydrogen-bond acceptors (Lipinski definition) is 4. The number of pyridine rings is 1. The molecule has 2 aliphatic rings. The second-order valence-corrected chi connectivity index (χ2v) is 6.09. The molecule has 1 amide bonds. The lowest BCUT2D eigenvalue weighted by Crippen LogP contribution is -2.49. The topological polar surface area (TPSA) is 57.3 Å². The first kappa shape index (κ1) is 14.9. The first-order valence-electron chi connectivity index (χ1n) is 8.11. The van der Waals surface area contributed by atoms with Gasteiger partial charge in [-0.05, 0) is 19.8 Å². The van der Waals surface area contributed by atoms with Crippen LogP contribution in [0.5, 0.6) is 0 Å². The number of aromatic nitrogens is 1. The molecule has 0 saturated heterocycles. The van der Waals surface area contributed by atoms with Gasteiger partial charge in [0.05, 0.1) is 17.9 Å². The minimum absolute atomic E-state index is 0.0204. The van der Waals surface area contributed by atoms with E-state index in [1.54, 1.807) is 6.20 Å². The van der Waals surface area contributed by atoms with Gasteiger partial charge < -0.3 is 15.5 Å². The van der Waals surface area contributed by atoms with Crippen LogP contribution in [0.15, 0.2) is 18.9 Å². The Kier molecular flexibility index (Phi) is 4.32. The predicted molar refractivity (Wildman–Crippen MR) is 89.3 cm³/mol. The molecule has 1 aliphatic carbocycles. The minimum Gasteiger partial charge on any atom is -0.366 e. The Morgan fingerprint density at radius 2 is 2.23 bits per heavy atom. The summed E-state index contributed by atoms with van der Waals surface area (Å²) in [5.41, 5.74) is 2.80. The maximum absolute atomic E-state index is 12.2. The molecule has 22 heavy (non-hydrogen) atoms. The number of carbonyl (C=O) groups is 1. The van der Waals surface area contributed by atoms with Crippen molar-refractivity contribution < 1.29 is 4.79 Å². The van der Waals surface area contributed by atoms with E-state index in [0.29, 0.717) is 24.8 Å². The molecule has 0 bridgehead atoms. The molecule has 5 heteroatoms. The molecule has 0 unspecified atom stereocenters. The second kappa shape index (κ2) is 6.38. The Morgan fingerprint density at radius 3 is 2.95 bits per heavy atom. The first-order chi connectivity index (χ1) is 10.7. The number of rotatable bonds is 4. The summed E-state index contributed by atoms with van der Waals surface area (Å²) in [5.74, 6) is 0.821. The van der Waals surface area contributed by atoms with Crippen LogP contribution in [0.4, 0.5) is 11.5 Å². The van der Waals surface area contributed by atoms with Crippen LogP contribution < -0.4 is 15.5 Å². The third-order valence-electron chi connectivity index (χ3n) is 4.66. The smallest absolute Gasteiger partial charge is 0.256 e. The van der Waals surface area contributed by atoms with Gasteiger partial charge in [-0.15, -0.1) is 6.58 Å². The van der Waals surface area contributed by atoms with Gasteiger partial charge in [0, 0.05) is 24.3 Å². The van der Waals surface area contributed by atoms with Crippen LogP contribution >= 0.6 is 0 Å². The molecule has 0 radical (unpaired) electrons. The lowest BCUT2D eigenvalue weighted by atomic mass is 9.92. The molecule has 1 saturated carbocycles. The van der Waals surface area contributed by atoms with Crippen LogP contribution in [-0.2, 0) is 0 Å². The molecule has 1 aliphatic heterocycles. The van der Waals surface area contributed by atoms with E-state index >= 15 is 0 Å². The van der Waals surface area contributed by atoms with E-state index in [-0.39, 0.29) is 5.91 Å². The number of anilines is 2. The molecule has 0 spiro atoms. The maximum Gasteiger partial charge on any atom is 0.256 e. The molecule has 2 N–H and O–H groups in total. The lowest BCUT2D eigenvalue weighted by molar-refractivity contribution is 0.0944. The molecule has 1 aromatic rings. The van der Waals surface area contributed by atoms with E-state index in [4.69, 9.17) is 0 Å². The largest absolute Gasteiger partial charge is 0.366 e. The summed E-state index contributed by atoms with van der Waals surface area (Å²) >= 11 is 0. The molecule has 0 aromatic carbocycles. The summed E-state index contributed by atoms with van der Waals surface area (Å²) in [4.78, 5) is 19.0. The van der Waals surface area contributed by atoms with Gasteiger partial charge in [-0.2, -0.15) is 0 Å². The zero-order valence-corrected chi connectivity index (χ0v) is 13.2. The fraction of sp³-hybridized carbons (Fsp3) is 0.529. The van der Waals surface area contributed by atoms with E-state index in [1.807, 2.05) is 13.0 Å². The lowest BCUT2D eigenvalue weighted by Gasteiger charge is -2.40. The zero-order valence-electron chi connectivity index (χ0n) is 13.2. The summed E-state index contributed by atoms with van der Waals surface area (Å²) in [6.07, 6.45) is 9.78. The highest BCUT2D eigenvalue weighted by molar-refractivity contribution is 6.02. The monoisotopic (exact) mass is 300 g/mol. The van der Waals surface area contributed by atoms with Crippen LogP contribution in [0.3, 0.4) is 0 Å². The van der Waals surface area contributed by atoms with E-state index in [0.717, 1.165) is 17.1 Å². The number of nitrogens with zero attached hydrogens (tertiary/aromatic N) is 2. The Balaban J connectivity index is 1.98. The van der Waals surface area contributed by atoms with Gasteiger partial charge in [0.2, 0.25) is 0 Å². The first-order valence-corrected chi connectivity index (χ1v) is 8.11. The minimum atomic E-state index is -0.0204. The standard InChI is InChI=1S/C17H24N4O/c1-3-9-18-16-12(2)15-14(10-19-16)17(22)20-11-21(15)13-7-5-4-6-8-13/h3,10,13H,1,4-9,11H2,2H3,(H,18,19)(H,20,22).